The molecule has 1 aromatic heterocycles. The van der Waals surface area contributed by atoms with Gasteiger partial charge in [0.25, 0.3) is 11.5 Å². The van der Waals surface area contributed by atoms with Gasteiger partial charge in [-0.25, -0.2) is 4.98 Å². The molecule has 21 heavy (non-hydrogen) atoms. The number of carbonyl (C=O) groups is 1. The fourth-order valence-electron chi connectivity index (χ4n) is 1.77. The molecule has 0 aliphatic rings. The fourth-order valence-corrected chi connectivity index (χ4v) is 1.77. The van der Waals surface area contributed by atoms with Gasteiger partial charge in [0.05, 0.1) is 12.9 Å². The number of carbonyl (C=O) groups excluding carboxylic acids is 1. The average Bonchev–Trinajstić information content (AvgIpc) is 2.48. The van der Waals surface area contributed by atoms with E-state index in [0.717, 1.165) is 11.3 Å². The van der Waals surface area contributed by atoms with Crippen molar-refractivity contribution >= 4 is 5.91 Å². The minimum absolute atomic E-state index is 0.110. The lowest BCUT2D eigenvalue weighted by atomic mass is 10.2. The number of hydrogen-bond donors (Lipinski definition) is 1. The van der Waals surface area contributed by atoms with Crippen LogP contribution in [0.1, 0.15) is 23.0 Å². The lowest BCUT2D eigenvalue weighted by molar-refractivity contribution is 0.0945. The molecule has 0 saturated heterocycles. The van der Waals surface area contributed by atoms with Gasteiger partial charge < -0.3 is 14.6 Å². The molecule has 1 N–H and O–H groups in total. The minimum Gasteiger partial charge on any atom is -0.494 e. The van der Waals surface area contributed by atoms with Crippen LogP contribution in [0.4, 0.5) is 0 Å². The van der Waals surface area contributed by atoms with Crippen molar-refractivity contribution in [2.75, 3.05) is 6.61 Å². The maximum Gasteiger partial charge on any atom is 0.270 e. The molecule has 1 aromatic carbocycles. The molecule has 1 heterocycles. The van der Waals surface area contributed by atoms with Crippen LogP contribution in [-0.4, -0.2) is 22.1 Å². The molecule has 0 atom stereocenters. The third-order valence-corrected chi connectivity index (χ3v) is 2.87. The molecule has 0 saturated carbocycles. The number of aryl methyl sites for hydroxylation is 1. The van der Waals surface area contributed by atoms with Gasteiger partial charge in [-0.3, -0.25) is 9.59 Å². The maximum atomic E-state index is 11.9. The van der Waals surface area contributed by atoms with Gasteiger partial charge in [-0.1, -0.05) is 12.1 Å². The van der Waals surface area contributed by atoms with Crippen LogP contribution in [0, 0.1) is 0 Å². The van der Waals surface area contributed by atoms with Crippen molar-refractivity contribution in [3.05, 3.63) is 58.3 Å². The number of nitrogens with one attached hydrogen (secondary N) is 1. The molecule has 1 amide bonds. The standard InChI is InChI=1S/C15H17N3O3/c1-3-21-12-6-4-5-11(7-12)9-16-15(20)13-8-14(19)18(2)10-17-13/h4-8,10H,3,9H2,1-2H3,(H,16,20). The Bertz CT molecular complexity index is 695. The van der Waals surface area contributed by atoms with Gasteiger partial charge in [0.2, 0.25) is 0 Å². The molecule has 6 nitrogen and oxygen atoms in total. The van der Waals surface area contributed by atoms with Crippen molar-refractivity contribution in [1.82, 2.24) is 14.9 Å². The summed E-state index contributed by atoms with van der Waals surface area (Å²) in [4.78, 5) is 27.3. The van der Waals surface area contributed by atoms with E-state index in [1.165, 1.54) is 17.0 Å². The van der Waals surface area contributed by atoms with Gasteiger partial charge in [0.15, 0.2) is 0 Å². The highest BCUT2D eigenvalue weighted by Crippen LogP contribution is 2.13. The molecule has 0 aliphatic heterocycles. The molecule has 2 rings (SSSR count). The van der Waals surface area contributed by atoms with Crippen LogP contribution in [0.2, 0.25) is 0 Å². The second-order valence-electron chi connectivity index (χ2n) is 4.49. The Labute approximate surface area is 122 Å². The fraction of sp³-hybridized carbons (Fsp3) is 0.267. The molecule has 6 heteroatoms. The van der Waals surface area contributed by atoms with E-state index in [-0.39, 0.29) is 17.2 Å². The molecule has 0 unspecified atom stereocenters. The van der Waals surface area contributed by atoms with Crippen LogP contribution in [0.5, 0.6) is 5.75 Å². The van der Waals surface area contributed by atoms with Crippen LogP contribution < -0.4 is 15.6 Å². The van der Waals surface area contributed by atoms with Crippen LogP contribution in [0.3, 0.4) is 0 Å². The zero-order valence-electron chi connectivity index (χ0n) is 12.0. The summed E-state index contributed by atoms with van der Waals surface area (Å²) in [6, 6.07) is 8.69. The maximum absolute atomic E-state index is 11.9. The van der Waals surface area contributed by atoms with Crippen LogP contribution in [0.15, 0.2) is 41.5 Å². The lowest BCUT2D eigenvalue weighted by Crippen LogP contribution is -2.27. The van der Waals surface area contributed by atoms with E-state index in [2.05, 4.69) is 10.3 Å². The molecule has 0 spiro atoms. The number of ether oxygens (including phenoxy) is 1. The first-order valence-electron chi connectivity index (χ1n) is 6.62. The molecule has 0 radical (unpaired) electrons. The van der Waals surface area contributed by atoms with Gasteiger partial charge in [0, 0.05) is 19.7 Å². The van der Waals surface area contributed by atoms with Gasteiger partial charge >= 0.3 is 0 Å². The topological polar surface area (TPSA) is 73.2 Å². The van der Waals surface area contributed by atoms with E-state index >= 15 is 0 Å². The number of aromatic nitrogens is 2. The number of rotatable bonds is 5. The first-order valence-corrected chi connectivity index (χ1v) is 6.62. The molecule has 0 aliphatic carbocycles. The van der Waals surface area contributed by atoms with Crippen LogP contribution in [0.25, 0.3) is 0 Å². The van der Waals surface area contributed by atoms with Gasteiger partial charge in [-0.05, 0) is 24.6 Å². The number of hydrogen-bond acceptors (Lipinski definition) is 4. The van der Waals surface area contributed by atoms with E-state index in [4.69, 9.17) is 4.74 Å². The predicted octanol–water partition coefficient (Wildman–Crippen LogP) is 1.11. The predicted molar refractivity (Wildman–Crippen MR) is 78.3 cm³/mol. The summed E-state index contributed by atoms with van der Waals surface area (Å²) in [5.41, 5.74) is 0.755. The first kappa shape index (κ1) is 14.8. The Hall–Kier alpha value is -2.63. The summed E-state index contributed by atoms with van der Waals surface area (Å²) in [5.74, 6) is 0.380. The van der Waals surface area contributed by atoms with Crippen molar-refractivity contribution in [1.29, 1.82) is 0 Å². The monoisotopic (exact) mass is 287 g/mol. The summed E-state index contributed by atoms with van der Waals surface area (Å²) in [7, 11) is 1.58. The largest absolute Gasteiger partial charge is 0.494 e. The van der Waals surface area contributed by atoms with E-state index in [0.29, 0.717) is 13.2 Å². The van der Waals surface area contributed by atoms with Crippen molar-refractivity contribution < 1.29 is 9.53 Å². The smallest absolute Gasteiger partial charge is 0.270 e. The molecular weight excluding hydrogens is 270 g/mol. The third kappa shape index (κ3) is 3.92. The van der Waals surface area contributed by atoms with Crippen molar-refractivity contribution in [3.8, 4) is 5.75 Å². The summed E-state index contributed by atoms with van der Waals surface area (Å²) < 4.78 is 6.71. The summed E-state index contributed by atoms with van der Waals surface area (Å²) in [6.07, 6.45) is 1.33. The van der Waals surface area contributed by atoms with Crippen LogP contribution >= 0.6 is 0 Å². The normalized spacial score (nSPS) is 10.2. The Morgan fingerprint density at radius 1 is 1.38 bits per heavy atom. The molecule has 2 aromatic rings. The second-order valence-corrected chi connectivity index (χ2v) is 4.49. The Morgan fingerprint density at radius 3 is 2.90 bits per heavy atom. The lowest BCUT2D eigenvalue weighted by Gasteiger charge is -2.07. The zero-order valence-corrected chi connectivity index (χ0v) is 12.0. The quantitative estimate of drug-likeness (QED) is 0.894. The molecule has 110 valence electrons. The zero-order chi connectivity index (χ0) is 15.2. The van der Waals surface area contributed by atoms with E-state index < -0.39 is 0 Å². The van der Waals surface area contributed by atoms with Crippen molar-refractivity contribution in [2.24, 2.45) is 7.05 Å². The summed E-state index contributed by atoms with van der Waals surface area (Å²) >= 11 is 0. The Morgan fingerprint density at radius 2 is 2.19 bits per heavy atom. The highest BCUT2D eigenvalue weighted by atomic mass is 16.5. The van der Waals surface area contributed by atoms with E-state index in [9.17, 15) is 9.59 Å². The molecule has 0 bridgehead atoms. The SMILES string of the molecule is CCOc1cccc(CNC(=O)c2cc(=O)n(C)cn2)c1. The third-order valence-electron chi connectivity index (χ3n) is 2.87. The Kier molecular flexibility index (Phi) is 4.71. The van der Waals surface area contributed by atoms with E-state index in [1.807, 2.05) is 31.2 Å². The van der Waals surface area contributed by atoms with Crippen LogP contribution in [-0.2, 0) is 13.6 Å². The summed E-state index contributed by atoms with van der Waals surface area (Å²) in [6.45, 7) is 2.85. The first-order chi connectivity index (χ1) is 10.1. The van der Waals surface area contributed by atoms with Crippen molar-refractivity contribution in [3.63, 3.8) is 0 Å². The highest BCUT2D eigenvalue weighted by Gasteiger charge is 2.08. The number of nitrogens with zero attached hydrogens (tertiary/aromatic N) is 2. The average molecular weight is 287 g/mol. The second kappa shape index (κ2) is 6.69. The summed E-state index contributed by atoms with van der Waals surface area (Å²) in [5, 5.41) is 2.73. The Balaban J connectivity index is 2.02. The van der Waals surface area contributed by atoms with Crippen molar-refractivity contribution in [2.45, 2.75) is 13.5 Å². The minimum atomic E-state index is -0.380. The van der Waals surface area contributed by atoms with Gasteiger partial charge in [-0.15, -0.1) is 0 Å². The van der Waals surface area contributed by atoms with Gasteiger partial charge in [0.1, 0.15) is 11.4 Å². The van der Waals surface area contributed by atoms with Gasteiger partial charge in [-0.2, -0.15) is 0 Å². The number of benzene rings is 1. The number of amides is 1. The highest BCUT2D eigenvalue weighted by molar-refractivity contribution is 5.91. The van der Waals surface area contributed by atoms with E-state index in [1.54, 1.807) is 7.05 Å². The molecule has 0 fully saturated rings. The molecular formula is C15H17N3O3.